The van der Waals surface area contributed by atoms with Crippen LogP contribution < -0.4 is 5.32 Å². The first-order valence-electron chi connectivity index (χ1n) is 5.42. The molecule has 1 aromatic rings. The lowest BCUT2D eigenvalue weighted by molar-refractivity contribution is -0.138. The third-order valence-corrected chi connectivity index (χ3v) is 3.31. The van der Waals surface area contributed by atoms with Gasteiger partial charge in [0, 0.05) is 11.4 Å². The number of esters is 1. The molecule has 7 heteroatoms. The molecule has 106 valence electrons. The van der Waals surface area contributed by atoms with E-state index in [-0.39, 0.29) is 17.9 Å². The van der Waals surface area contributed by atoms with Crippen molar-refractivity contribution in [3.8, 4) is 0 Å². The van der Waals surface area contributed by atoms with Gasteiger partial charge in [0.1, 0.15) is 0 Å². The lowest BCUT2D eigenvalue weighted by Crippen LogP contribution is -2.14. The average Bonchev–Trinajstić information content (AvgIpc) is 2.36. The number of carbonyl (C=O) groups is 1. The molecule has 0 saturated carbocycles. The summed E-state index contributed by atoms with van der Waals surface area (Å²) in [7, 11) is 2.82. The Morgan fingerprint density at radius 3 is 2.63 bits per heavy atom. The Labute approximate surface area is 113 Å². The van der Waals surface area contributed by atoms with Gasteiger partial charge < -0.3 is 10.1 Å². The average molecular weight is 293 g/mol. The van der Waals surface area contributed by atoms with Crippen LogP contribution in [0.25, 0.3) is 0 Å². The van der Waals surface area contributed by atoms with E-state index in [2.05, 4.69) is 10.1 Å². The van der Waals surface area contributed by atoms with E-state index in [1.54, 1.807) is 13.1 Å². The first-order valence-corrected chi connectivity index (χ1v) is 6.41. The Balaban J connectivity index is 2.95. The number of ether oxygens (including phenoxy) is 1. The van der Waals surface area contributed by atoms with Gasteiger partial charge >= 0.3 is 12.1 Å². The number of rotatable bonds is 5. The zero-order valence-electron chi connectivity index (χ0n) is 10.5. The molecule has 0 heterocycles. The van der Waals surface area contributed by atoms with Crippen molar-refractivity contribution in [1.82, 2.24) is 5.32 Å². The fraction of sp³-hybridized carbons (Fsp3) is 0.417. The van der Waals surface area contributed by atoms with Gasteiger partial charge in [0.2, 0.25) is 0 Å². The molecule has 1 aromatic carbocycles. The molecular weight excluding hydrogens is 279 g/mol. The van der Waals surface area contributed by atoms with Gasteiger partial charge in [-0.05, 0) is 24.7 Å². The molecule has 0 aliphatic rings. The molecule has 0 aliphatic carbocycles. The van der Waals surface area contributed by atoms with E-state index >= 15 is 0 Å². The summed E-state index contributed by atoms with van der Waals surface area (Å²) < 4.78 is 43.1. The lowest BCUT2D eigenvalue weighted by Gasteiger charge is -2.14. The summed E-state index contributed by atoms with van der Waals surface area (Å²) in [5.74, 6) is -0.489. The van der Waals surface area contributed by atoms with Crippen LogP contribution >= 0.6 is 11.8 Å². The van der Waals surface area contributed by atoms with Crippen molar-refractivity contribution in [1.29, 1.82) is 0 Å². The maximum Gasteiger partial charge on any atom is 0.416 e. The highest BCUT2D eigenvalue weighted by atomic mass is 32.2. The molecule has 19 heavy (non-hydrogen) atoms. The smallest absolute Gasteiger partial charge is 0.416 e. The van der Waals surface area contributed by atoms with Crippen molar-refractivity contribution >= 4 is 17.7 Å². The largest absolute Gasteiger partial charge is 0.468 e. The van der Waals surface area contributed by atoms with Gasteiger partial charge in [-0.15, -0.1) is 11.8 Å². The lowest BCUT2D eigenvalue weighted by atomic mass is 10.1. The van der Waals surface area contributed by atoms with E-state index in [0.29, 0.717) is 4.90 Å². The molecule has 0 spiro atoms. The van der Waals surface area contributed by atoms with Gasteiger partial charge in [0.15, 0.2) is 0 Å². The summed E-state index contributed by atoms with van der Waals surface area (Å²) >= 11 is 1.02. The van der Waals surface area contributed by atoms with E-state index in [4.69, 9.17) is 0 Å². The molecule has 0 aromatic heterocycles. The van der Waals surface area contributed by atoms with Crippen LogP contribution in [0.3, 0.4) is 0 Å². The number of methoxy groups -OCH3 is 1. The van der Waals surface area contributed by atoms with E-state index in [1.807, 2.05) is 0 Å². The maximum atomic E-state index is 12.9. The third kappa shape index (κ3) is 4.76. The first-order chi connectivity index (χ1) is 8.88. The molecule has 0 bridgehead atoms. The van der Waals surface area contributed by atoms with Crippen molar-refractivity contribution < 1.29 is 22.7 Å². The van der Waals surface area contributed by atoms with Crippen LogP contribution in [0, 0.1) is 0 Å². The molecule has 0 unspecified atom stereocenters. The Kier molecular flexibility index (Phi) is 5.68. The topological polar surface area (TPSA) is 38.3 Å². The number of hydrogen-bond acceptors (Lipinski definition) is 4. The Hall–Kier alpha value is -1.21. The van der Waals surface area contributed by atoms with Crippen LogP contribution in [0.2, 0.25) is 0 Å². The Morgan fingerprint density at radius 2 is 2.11 bits per heavy atom. The van der Waals surface area contributed by atoms with Crippen LogP contribution in [-0.4, -0.2) is 25.9 Å². The fourth-order valence-electron chi connectivity index (χ4n) is 1.46. The van der Waals surface area contributed by atoms with Crippen molar-refractivity contribution in [3.63, 3.8) is 0 Å². The third-order valence-electron chi connectivity index (χ3n) is 2.34. The minimum Gasteiger partial charge on any atom is -0.468 e. The van der Waals surface area contributed by atoms with Gasteiger partial charge in [0.05, 0.1) is 18.4 Å². The number of alkyl halides is 3. The van der Waals surface area contributed by atoms with E-state index in [1.165, 1.54) is 13.2 Å². The second-order valence-electron chi connectivity index (χ2n) is 3.71. The van der Waals surface area contributed by atoms with Gasteiger partial charge in [-0.1, -0.05) is 6.07 Å². The Morgan fingerprint density at radius 1 is 1.42 bits per heavy atom. The molecule has 1 rings (SSSR count). The summed E-state index contributed by atoms with van der Waals surface area (Å²) in [6.07, 6.45) is -4.41. The molecule has 0 saturated heterocycles. The van der Waals surface area contributed by atoms with E-state index in [0.717, 1.165) is 17.8 Å². The molecule has 0 radical (unpaired) electrons. The second-order valence-corrected chi connectivity index (χ2v) is 4.76. The van der Waals surface area contributed by atoms with Crippen molar-refractivity contribution in [2.45, 2.75) is 17.6 Å². The number of nitrogens with one attached hydrogen (secondary N) is 1. The minimum absolute atomic E-state index is 0.0147. The predicted octanol–water partition coefficient (Wildman–Crippen LogP) is 2.69. The highest BCUT2D eigenvalue weighted by Gasteiger charge is 2.33. The van der Waals surface area contributed by atoms with Crippen molar-refractivity contribution in [3.05, 3.63) is 29.3 Å². The number of carbonyl (C=O) groups excluding carboxylic acids is 1. The summed E-state index contributed by atoms with van der Waals surface area (Å²) in [4.78, 5) is 11.3. The molecule has 0 aliphatic heterocycles. The van der Waals surface area contributed by atoms with Crippen molar-refractivity contribution in [2.75, 3.05) is 19.9 Å². The maximum absolute atomic E-state index is 12.9. The normalized spacial score (nSPS) is 11.4. The summed E-state index contributed by atoms with van der Waals surface area (Å²) in [5.41, 5.74) is -0.505. The van der Waals surface area contributed by atoms with E-state index in [9.17, 15) is 18.0 Å². The number of benzene rings is 1. The zero-order valence-corrected chi connectivity index (χ0v) is 11.3. The molecular formula is C12H14F3NO2S. The van der Waals surface area contributed by atoms with Gasteiger partial charge in [0.25, 0.3) is 0 Å². The second kappa shape index (κ2) is 6.81. The van der Waals surface area contributed by atoms with Crippen LogP contribution in [0.4, 0.5) is 13.2 Å². The van der Waals surface area contributed by atoms with Gasteiger partial charge in [-0.3, -0.25) is 4.79 Å². The van der Waals surface area contributed by atoms with Gasteiger partial charge in [-0.2, -0.15) is 13.2 Å². The standard InChI is InChI=1S/C12H14F3NO2S/c1-16-6-8-3-4-9(19-7-11(17)18-2)5-10(8)12(13,14)15/h3-5,16H,6-7H2,1-2H3. The molecule has 0 fully saturated rings. The molecule has 3 nitrogen and oxygen atoms in total. The summed E-state index contributed by atoms with van der Waals surface area (Å²) in [5, 5.41) is 2.69. The zero-order chi connectivity index (χ0) is 14.5. The van der Waals surface area contributed by atoms with E-state index < -0.39 is 17.7 Å². The van der Waals surface area contributed by atoms with Crippen LogP contribution in [0.5, 0.6) is 0 Å². The van der Waals surface area contributed by atoms with Crippen LogP contribution in [0.15, 0.2) is 23.1 Å². The molecule has 0 atom stereocenters. The van der Waals surface area contributed by atoms with Crippen molar-refractivity contribution in [2.24, 2.45) is 0 Å². The highest BCUT2D eigenvalue weighted by molar-refractivity contribution is 8.00. The minimum atomic E-state index is -4.41. The number of halogens is 3. The fourth-order valence-corrected chi connectivity index (χ4v) is 2.22. The number of hydrogen-bond donors (Lipinski definition) is 1. The number of thioether (sulfide) groups is 1. The molecule has 0 amide bonds. The monoisotopic (exact) mass is 293 g/mol. The van der Waals surface area contributed by atoms with Gasteiger partial charge in [-0.25, -0.2) is 0 Å². The summed E-state index contributed by atoms with van der Waals surface area (Å²) in [6.45, 7) is 0.136. The highest BCUT2D eigenvalue weighted by Crippen LogP contribution is 2.34. The predicted molar refractivity (Wildman–Crippen MR) is 66.9 cm³/mol. The Bertz CT molecular complexity index is 449. The first kappa shape index (κ1) is 15.8. The molecule has 1 N–H and O–H groups in total. The quantitative estimate of drug-likeness (QED) is 0.669. The van der Waals surface area contributed by atoms with Crippen LogP contribution in [0.1, 0.15) is 11.1 Å². The summed E-state index contributed by atoms with van der Waals surface area (Å²) in [6, 6.07) is 4.04. The SMILES string of the molecule is CNCc1ccc(SCC(=O)OC)cc1C(F)(F)F. The van der Waals surface area contributed by atoms with Crippen LogP contribution in [-0.2, 0) is 22.3 Å².